The Kier molecular flexibility index (Phi) is 4.16. The predicted molar refractivity (Wildman–Crippen MR) is 91.6 cm³/mol. The lowest BCUT2D eigenvalue weighted by atomic mass is 9.65. The average molecular weight is 387 g/mol. The van der Waals surface area contributed by atoms with E-state index in [1.54, 1.807) is 4.90 Å². The summed E-state index contributed by atoms with van der Waals surface area (Å²) in [5, 5.41) is 23.0. The molecule has 2 atom stereocenters. The van der Waals surface area contributed by atoms with Crippen LogP contribution in [0.25, 0.3) is 0 Å². The second-order valence-corrected chi connectivity index (χ2v) is 8.72. The molecule has 2 bridgehead atoms. The number of nitrogens with zero attached hydrogens (tertiary/aromatic N) is 3. The van der Waals surface area contributed by atoms with Crippen LogP contribution in [0.15, 0.2) is 12.1 Å². The van der Waals surface area contributed by atoms with Crippen LogP contribution >= 0.6 is 0 Å². The average Bonchev–Trinajstić information content (AvgIpc) is 2.73. The highest BCUT2D eigenvalue weighted by atomic mass is 19.4. The van der Waals surface area contributed by atoms with Crippen LogP contribution in [0.3, 0.4) is 0 Å². The third-order valence-electron chi connectivity index (χ3n) is 5.49. The fourth-order valence-corrected chi connectivity index (χ4v) is 5.06. The van der Waals surface area contributed by atoms with Crippen molar-refractivity contribution in [2.24, 2.45) is 10.8 Å². The van der Waals surface area contributed by atoms with Gasteiger partial charge in [0.15, 0.2) is 5.69 Å². The highest BCUT2D eigenvalue weighted by Crippen LogP contribution is 2.56. The SMILES string of the molecule is CC1(C)C[C@@H]2C[C@](C)(CN2c2c([N+](=O)[O-])cc(C(F)(F)F)cc2[N+](=O)[O-])C1. The predicted octanol–water partition coefficient (Wildman–Crippen LogP) is 4.93. The zero-order chi connectivity index (χ0) is 20.4. The number of nitro benzene ring substituents is 2. The highest BCUT2D eigenvalue weighted by Gasteiger charge is 2.52. The van der Waals surface area contributed by atoms with Gasteiger partial charge in [0.2, 0.25) is 0 Å². The van der Waals surface area contributed by atoms with Crippen LogP contribution < -0.4 is 4.90 Å². The van der Waals surface area contributed by atoms with Gasteiger partial charge in [0.05, 0.1) is 15.4 Å². The fourth-order valence-electron chi connectivity index (χ4n) is 5.06. The summed E-state index contributed by atoms with van der Waals surface area (Å²) in [6.07, 6.45) is -2.71. The first-order valence-electron chi connectivity index (χ1n) is 8.53. The molecule has 0 radical (unpaired) electrons. The van der Waals surface area contributed by atoms with Gasteiger partial charge < -0.3 is 4.90 Å². The van der Waals surface area contributed by atoms with Gasteiger partial charge in [0, 0.05) is 24.7 Å². The van der Waals surface area contributed by atoms with Crippen LogP contribution in [0.1, 0.15) is 45.6 Å². The molecule has 0 N–H and O–H groups in total. The zero-order valence-electron chi connectivity index (χ0n) is 15.2. The van der Waals surface area contributed by atoms with Crippen molar-refractivity contribution in [3.8, 4) is 0 Å². The second-order valence-electron chi connectivity index (χ2n) is 8.72. The van der Waals surface area contributed by atoms with Gasteiger partial charge in [-0.3, -0.25) is 20.2 Å². The molecule has 148 valence electrons. The number of alkyl halides is 3. The Morgan fingerprint density at radius 1 is 1.07 bits per heavy atom. The lowest BCUT2D eigenvalue weighted by Crippen LogP contribution is -2.35. The largest absolute Gasteiger partial charge is 0.416 e. The number of fused-ring (bicyclic) bond motifs is 2. The van der Waals surface area contributed by atoms with Gasteiger partial charge in [-0.25, -0.2) is 0 Å². The summed E-state index contributed by atoms with van der Waals surface area (Å²) in [4.78, 5) is 22.7. The molecular weight excluding hydrogens is 367 g/mol. The summed E-state index contributed by atoms with van der Waals surface area (Å²) in [6, 6.07) is 0.615. The van der Waals surface area contributed by atoms with E-state index >= 15 is 0 Å². The van der Waals surface area contributed by atoms with E-state index < -0.39 is 33.0 Å². The molecule has 0 aromatic heterocycles. The van der Waals surface area contributed by atoms with Crippen molar-refractivity contribution < 1.29 is 23.0 Å². The molecule has 7 nitrogen and oxygen atoms in total. The maximum atomic E-state index is 13.1. The molecule has 3 rings (SSSR count). The molecule has 0 spiro atoms. The second kappa shape index (κ2) is 5.80. The van der Waals surface area contributed by atoms with E-state index in [9.17, 15) is 33.4 Å². The number of nitro groups is 2. The summed E-state index contributed by atoms with van der Waals surface area (Å²) >= 11 is 0. The van der Waals surface area contributed by atoms with Crippen molar-refractivity contribution in [3.05, 3.63) is 37.9 Å². The van der Waals surface area contributed by atoms with Crippen LogP contribution in [0.5, 0.6) is 0 Å². The summed E-state index contributed by atoms with van der Waals surface area (Å²) in [5.74, 6) is 0. The number of hydrogen-bond acceptors (Lipinski definition) is 5. The van der Waals surface area contributed by atoms with Crippen molar-refractivity contribution in [1.29, 1.82) is 0 Å². The molecule has 0 unspecified atom stereocenters. The molecule has 2 aliphatic rings. The minimum Gasteiger partial charge on any atom is -0.357 e. The Bertz CT molecular complexity index is 789. The van der Waals surface area contributed by atoms with Crippen LogP contribution in [-0.2, 0) is 6.18 Å². The quantitative estimate of drug-likeness (QED) is 0.542. The van der Waals surface area contributed by atoms with Gasteiger partial charge in [-0.15, -0.1) is 0 Å². The van der Waals surface area contributed by atoms with E-state index in [4.69, 9.17) is 0 Å². The van der Waals surface area contributed by atoms with Gasteiger partial charge in [0.25, 0.3) is 11.4 Å². The molecule has 0 amide bonds. The van der Waals surface area contributed by atoms with E-state index in [0.717, 1.165) is 6.42 Å². The van der Waals surface area contributed by atoms with Crippen LogP contribution in [0, 0.1) is 31.1 Å². The minimum atomic E-state index is -4.91. The molecule has 10 heteroatoms. The number of halogens is 3. The number of rotatable bonds is 3. The summed E-state index contributed by atoms with van der Waals surface area (Å²) < 4.78 is 39.3. The van der Waals surface area contributed by atoms with E-state index in [1.807, 2.05) is 6.92 Å². The van der Waals surface area contributed by atoms with Crippen molar-refractivity contribution in [2.75, 3.05) is 11.4 Å². The number of hydrogen-bond donors (Lipinski definition) is 0. The van der Waals surface area contributed by atoms with Crippen molar-refractivity contribution >= 4 is 17.1 Å². The van der Waals surface area contributed by atoms with Gasteiger partial charge in [-0.1, -0.05) is 20.8 Å². The molecule has 1 aliphatic heterocycles. The first kappa shape index (κ1) is 19.4. The zero-order valence-corrected chi connectivity index (χ0v) is 15.2. The fraction of sp³-hybridized carbons (Fsp3) is 0.647. The summed E-state index contributed by atoms with van der Waals surface area (Å²) in [7, 11) is 0. The Morgan fingerprint density at radius 2 is 1.59 bits per heavy atom. The third kappa shape index (κ3) is 3.44. The van der Waals surface area contributed by atoms with Gasteiger partial charge in [0.1, 0.15) is 0 Å². The Morgan fingerprint density at radius 3 is 2.04 bits per heavy atom. The van der Waals surface area contributed by atoms with Crippen molar-refractivity contribution in [1.82, 2.24) is 0 Å². The van der Waals surface area contributed by atoms with Crippen LogP contribution in [0.4, 0.5) is 30.2 Å². The third-order valence-corrected chi connectivity index (χ3v) is 5.49. The molecule has 1 aliphatic carbocycles. The number of anilines is 1. The van der Waals surface area contributed by atoms with Crippen LogP contribution in [0.2, 0.25) is 0 Å². The molecule has 1 saturated heterocycles. The van der Waals surface area contributed by atoms with Gasteiger partial charge in [-0.05, 0) is 30.1 Å². The Labute approximate surface area is 153 Å². The Hall–Kier alpha value is -2.39. The van der Waals surface area contributed by atoms with Crippen LogP contribution in [-0.4, -0.2) is 22.4 Å². The molecule has 1 saturated carbocycles. The lowest BCUT2D eigenvalue weighted by Gasteiger charge is -2.39. The van der Waals surface area contributed by atoms with E-state index in [-0.39, 0.29) is 22.6 Å². The smallest absolute Gasteiger partial charge is 0.357 e. The molecular formula is C17H20F3N3O4. The highest BCUT2D eigenvalue weighted by molar-refractivity contribution is 5.77. The topological polar surface area (TPSA) is 89.5 Å². The van der Waals surface area contributed by atoms with Gasteiger partial charge in [-0.2, -0.15) is 13.2 Å². The maximum Gasteiger partial charge on any atom is 0.416 e. The Balaban J connectivity index is 2.21. The molecule has 27 heavy (non-hydrogen) atoms. The monoisotopic (exact) mass is 387 g/mol. The summed E-state index contributed by atoms with van der Waals surface area (Å²) in [6.45, 7) is 6.49. The van der Waals surface area contributed by atoms with E-state index in [2.05, 4.69) is 13.8 Å². The molecule has 1 aromatic carbocycles. The van der Waals surface area contributed by atoms with Gasteiger partial charge >= 0.3 is 6.18 Å². The first-order valence-corrected chi connectivity index (χ1v) is 8.53. The standard InChI is InChI=1S/C17H20F3N3O4/c1-15(2)6-11-7-16(3,8-15)9-21(11)14-12(22(24)25)4-10(17(18,19)20)5-13(14)23(26)27/h4-5,11H,6-9H2,1-3H3/t11-,16+/m1/s1. The minimum absolute atomic E-state index is 0.0537. The van der Waals surface area contributed by atoms with Crippen molar-refractivity contribution in [2.45, 2.75) is 52.3 Å². The summed E-state index contributed by atoms with van der Waals surface area (Å²) in [5.41, 5.74) is -3.70. The molecule has 1 heterocycles. The van der Waals surface area contributed by atoms with E-state index in [0.29, 0.717) is 31.5 Å². The van der Waals surface area contributed by atoms with E-state index in [1.165, 1.54) is 0 Å². The normalized spacial score (nSPS) is 26.9. The molecule has 2 fully saturated rings. The first-order chi connectivity index (χ1) is 12.2. The van der Waals surface area contributed by atoms with Crippen molar-refractivity contribution in [3.63, 3.8) is 0 Å². The maximum absolute atomic E-state index is 13.1. The lowest BCUT2D eigenvalue weighted by molar-refractivity contribution is -0.393. The molecule has 1 aromatic rings. The number of benzene rings is 1.